The summed E-state index contributed by atoms with van der Waals surface area (Å²) < 4.78 is 5.37. The molecule has 0 radical (unpaired) electrons. The number of hydrogen-bond acceptors (Lipinski definition) is 3. The molecule has 0 saturated heterocycles. The third-order valence-corrected chi connectivity index (χ3v) is 2.50. The van der Waals surface area contributed by atoms with Crippen molar-refractivity contribution >= 4 is 17.5 Å². The van der Waals surface area contributed by atoms with E-state index in [-0.39, 0.29) is 5.91 Å². The normalized spacial score (nSPS) is 11.9. The molecule has 1 atom stereocenters. The molecule has 1 aromatic carbocycles. The average Bonchev–Trinajstić information content (AvgIpc) is 2.35. The molecule has 0 spiro atoms. The number of rotatable bonds is 6. The van der Waals surface area contributed by atoms with Gasteiger partial charge >= 0.3 is 0 Å². The first kappa shape index (κ1) is 13.8. The number of aliphatic hydroxyl groups excluding tert-OH is 1. The summed E-state index contributed by atoms with van der Waals surface area (Å²) in [6.07, 6.45) is -0.549. The lowest BCUT2D eigenvalue weighted by Gasteiger charge is -2.10. The summed E-state index contributed by atoms with van der Waals surface area (Å²) in [4.78, 5) is 11.2. The fourth-order valence-corrected chi connectivity index (χ4v) is 1.39. The molecule has 0 heterocycles. The van der Waals surface area contributed by atoms with Gasteiger partial charge in [0, 0.05) is 0 Å². The van der Waals surface area contributed by atoms with E-state index in [2.05, 4.69) is 5.32 Å². The van der Waals surface area contributed by atoms with Crippen molar-refractivity contribution in [2.45, 2.75) is 19.4 Å². The van der Waals surface area contributed by atoms with Crippen LogP contribution >= 0.6 is 11.6 Å². The van der Waals surface area contributed by atoms with Crippen LogP contribution in [0.1, 0.15) is 13.3 Å². The zero-order chi connectivity index (χ0) is 12.7. The molecule has 0 saturated carbocycles. The Morgan fingerprint density at radius 2 is 2.24 bits per heavy atom. The van der Waals surface area contributed by atoms with Crippen LogP contribution in [0.4, 0.5) is 0 Å². The van der Waals surface area contributed by atoms with E-state index in [0.717, 1.165) is 0 Å². The van der Waals surface area contributed by atoms with E-state index in [1.165, 1.54) is 0 Å². The van der Waals surface area contributed by atoms with Crippen LogP contribution in [0.15, 0.2) is 24.3 Å². The molecular weight excluding hydrogens is 242 g/mol. The highest BCUT2D eigenvalue weighted by Crippen LogP contribution is 2.22. The van der Waals surface area contributed by atoms with E-state index in [9.17, 15) is 9.90 Å². The maximum Gasteiger partial charge on any atom is 0.248 e. The van der Waals surface area contributed by atoms with E-state index in [0.29, 0.717) is 30.3 Å². The molecule has 1 aromatic rings. The molecule has 4 nitrogen and oxygen atoms in total. The Labute approximate surface area is 106 Å². The van der Waals surface area contributed by atoms with Crippen molar-refractivity contribution in [1.82, 2.24) is 5.32 Å². The fourth-order valence-electron chi connectivity index (χ4n) is 1.20. The van der Waals surface area contributed by atoms with Crippen molar-refractivity contribution in [3.63, 3.8) is 0 Å². The molecule has 0 fully saturated rings. The van der Waals surface area contributed by atoms with Crippen molar-refractivity contribution in [3.8, 4) is 5.75 Å². The zero-order valence-corrected chi connectivity index (χ0v) is 10.4. The molecule has 0 aromatic heterocycles. The van der Waals surface area contributed by atoms with Crippen molar-refractivity contribution < 1.29 is 14.6 Å². The number of benzene rings is 1. The maximum atomic E-state index is 11.2. The molecule has 0 unspecified atom stereocenters. The third kappa shape index (κ3) is 4.63. The van der Waals surface area contributed by atoms with Gasteiger partial charge in [-0.15, -0.1) is 0 Å². The monoisotopic (exact) mass is 257 g/mol. The van der Waals surface area contributed by atoms with Crippen LogP contribution in [0.5, 0.6) is 5.75 Å². The number of nitrogens with one attached hydrogen (secondary N) is 1. The number of halogens is 1. The number of para-hydroxylation sites is 1. The molecule has 0 aliphatic carbocycles. The van der Waals surface area contributed by atoms with Crippen LogP contribution in [0.25, 0.3) is 0 Å². The van der Waals surface area contributed by atoms with Gasteiger partial charge < -0.3 is 15.2 Å². The van der Waals surface area contributed by atoms with Gasteiger partial charge in [-0.2, -0.15) is 0 Å². The molecule has 0 aliphatic rings. The Morgan fingerprint density at radius 1 is 1.53 bits per heavy atom. The number of carbonyl (C=O) groups excluding carboxylic acids is 1. The summed E-state index contributed by atoms with van der Waals surface area (Å²) in [6, 6.07) is 7.12. The first-order valence-electron chi connectivity index (χ1n) is 5.48. The SMILES string of the molecule is CC[C@@H](O)C(=O)NCCOc1ccccc1Cl. The summed E-state index contributed by atoms with van der Waals surface area (Å²) >= 11 is 5.89. The standard InChI is InChI=1S/C12H16ClNO3/c1-2-10(15)12(16)14-7-8-17-11-6-4-3-5-9(11)13/h3-6,10,15H,2,7-8H2,1H3,(H,14,16)/t10-/m1/s1. The van der Waals surface area contributed by atoms with Crippen LogP contribution < -0.4 is 10.1 Å². The lowest BCUT2D eigenvalue weighted by Crippen LogP contribution is -2.36. The van der Waals surface area contributed by atoms with Gasteiger partial charge in [-0.3, -0.25) is 4.79 Å². The Bertz CT molecular complexity index is 371. The first-order valence-corrected chi connectivity index (χ1v) is 5.86. The van der Waals surface area contributed by atoms with E-state index in [1.54, 1.807) is 19.1 Å². The van der Waals surface area contributed by atoms with Gasteiger partial charge in [0.2, 0.25) is 5.91 Å². The largest absolute Gasteiger partial charge is 0.490 e. The first-order chi connectivity index (χ1) is 8.15. The highest BCUT2D eigenvalue weighted by Gasteiger charge is 2.10. The van der Waals surface area contributed by atoms with Crippen molar-refractivity contribution in [1.29, 1.82) is 0 Å². The van der Waals surface area contributed by atoms with Gasteiger partial charge in [0.25, 0.3) is 0 Å². The fraction of sp³-hybridized carbons (Fsp3) is 0.417. The molecule has 94 valence electrons. The van der Waals surface area contributed by atoms with Gasteiger partial charge in [-0.1, -0.05) is 30.7 Å². The summed E-state index contributed by atoms with van der Waals surface area (Å²) in [7, 11) is 0. The third-order valence-electron chi connectivity index (χ3n) is 2.18. The zero-order valence-electron chi connectivity index (χ0n) is 9.65. The Morgan fingerprint density at radius 3 is 2.88 bits per heavy atom. The molecule has 17 heavy (non-hydrogen) atoms. The van der Waals surface area contributed by atoms with Crippen LogP contribution in [-0.4, -0.2) is 30.3 Å². The second kappa shape index (κ2) is 7.14. The summed E-state index contributed by atoms with van der Waals surface area (Å²) in [5.41, 5.74) is 0. The van der Waals surface area contributed by atoms with Crippen LogP contribution in [0, 0.1) is 0 Å². The van der Waals surface area contributed by atoms with Crippen LogP contribution in [0.3, 0.4) is 0 Å². The van der Waals surface area contributed by atoms with Crippen LogP contribution in [-0.2, 0) is 4.79 Å². The number of hydrogen-bond donors (Lipinski definition) is 2. The summed E-state index contributed by atoms with van der Waals surface area (Å²) in [6.45, 7) is 2.39. The average molecular weight is 258 g/mol. The van der Waals surface area contributed by atoms with Gasteiger partial charge in [-0.25, -0.2) is 0 Å². The maximum absolute atomic E-state index is 11.2. The van der Waals surface area contributed by atoms with E-state index in [1.807, 2.05) is 12.1 Å². The van der Waals surface area contributed by atoms with Gasteiger partial charge in [0.15, 0.2) is 0 Å². The van der Waals surface area contributed by atoms with Gasteiger partial charge in [0.05, 0.1) is 11.6 Å². The number of carbonyl (C=O) groups is 1. The Balaban J connectivity index is 2.25. The quantitative estimate of drug-likeness (QED) is 0.761. The second-order valence-corrected chi connectivity index (χ2v) is 3.90. The predicted octanol–water partition coefficient (Wildman–Crippen LogP) is 1.61. The molecule has 1 amide bonds. The number of aliphatic hydroxyl groups is 1. The topological polar surface area (TPSA) is 58.6 Å². The number of amides is 1. The highest BCUT2D eigenvalue weighted by molar-refractivity contribution is 6.32. The molecule has 2 N–H and O–H groups in total. The van der Waals surface area contributed by atoms with Gasteiger partial charge in [-0.05, 0) is 18.6 Å². The molecule has 5 heteroatoms. The van der Waals surface area contributed by atoms with Crippen molar-refractivity contribution in [2.24, 2.45) is 0 Å². The molecule has 1 rings (SSSR count). The minimum atomic E-state index is -0.949. The lowest BCUT2D eigenvalue weighted by atomic mass is 10.2. The highest BCUT2D eigenvalue weighted by atomic mass is 35.5. The molecule has 0 bridgehead atoms. The lowest BCUT2D eigenvalue weighted by molar-refractivity contribution is -0.129. The van der Waals surface area contributed by atoms with Crippen molar-refractivity contribution in [2.75, 3.05) is 13.2 Å². The predicted molar refractivity (Wildman–Crippen MR) is 66.3 cm³/mol. The molecular formula is C12H16ClNO3. The smallest absolute Gasteiger partial charge is 0.248 e. The van der Waals surface area contributed by atoms with Gasteiger partial charge in [0.1, 0.15) is 18.5 Å². The summed E-state index contributed by atoms with van der Waals surface area (Å²) in [5, 5.41) is 12.3. The van der Waals surface area contributed by atoms with Crippen LogP contribution in [0.2, 0.25) is 5.02 Å². The van der Waals surface area contributed by atoms with Crippen molar-refractivity contribution in [3.05, 3.63) is 29.3 Å². The second-order valence-electron chi connectivity index (χ2n) is 3.49. The van der Waals surface area contributed by atoms with E-state index in [4.69, 9.17) is 16.3 Å². The van der Waals surface area contributed by atoms with E-state index < -0.39 is 6.10 Å². The Hall–Kier alpha value is -1.26. The minimum Gasteiger partial charge on any atom is -0.490 e. The minimum absolute atomic E-state index is 0.311. The Kier molecular flexibility index (Phi) is 5.80. The summed E-state index contributed by atoms with van der Waals surface area (Å²) in [5.74, 6) is 0.203. The van der Waals surface area contributed by atoms with E-state index >= 15 is 0 Å². The number of ether oxygens (including phenoxy) is 1. The molecule has 0 aliphatic heterocycles.